The topological polar surface area (TPSA) is 32.9 Å². The number of carbonyl (C=O) groups excluding carboxylic acids is 1. The predicted octanol–water partition coefficient (Wildman–Crippen LogP) is 4.69. The van der Waals surface area contributed by atoms with E-state index in [1.54, 1.807) is 12.1 Å². The number of benzene rings is 2. The molecule has 0 saturated heterocycles. The van der Waals surface area contributed by atoms with Gasteiger partial charge in [-0.05, 0) is 30.3 Å². The molecule has 5 heteroatoms. The van der Waals surface area contributed by atoms with Crippen LogP contribution in [0.3, 0.4) is 0 Å². The molecule has 2 nitrogen and oxygen atoms in total. The molecule has 1 N–H and O–H groups in total. The zero-order chi connectivity index (χ0) is 14.3. The molecule has 0 aliphatic rings. The molecule has 0 bridgehead atoms. The van der Waals surface area contributed by atoms with Gasteiger partial charge in [-0.2, -0.15) is 0 Å². The van der Waals surface area contributed by atoms with E-state index < -0.39 is 11.6 Å². The molecule has 0 aliphatic carbocycles. The molecule has 0 fully saturated rings. The van der Waals surface area contributed by atoms with Crippen molar-refractivity contribution in [2.45, 2.75) is 0 Å². The molecule has 1 heterocycles. The lowest BCUT2D eigenvalue weighted by Crippen LogP contribution is -1.90. The van der Waals surface area contributed by atoms with E-state index in [9.17, 15) is 13.6 Å². The molecule has 0 atom stereocenters. The fourth-order valence-corrected chi connectivity index (χ4v) is 2.57. The molecule has 0 unspecified atom stereocenters. The molecule has 0 amide bonds. The third-order valence-corrected chi connectivity index (χ3v) is 3.61. The van der Waals surface area contributed by atoms with Crippen LogP contribution >= 0.6 is 15.9 Å². The van der Waals surface area contributed by atoms with Gasteiger partial charge in [-0.3, -0.25) is 4.79 Å². The number of halogens is 3. The van der Waals surface area contributed by atoms with E-state index in [1.807, 2.05) is 6.07 Å². The van der Waals surface area contributed by atoms with Crippen molar-refractivity contribution >= 4 is 33.1 Å². The van der Waals surface area contributed by atoms with Crippen LogP contribution in [0.15, 0.2) is 40.9 Å². The molecular weight excluding hydrogens is 328 g/mol. The molecule has 100 valence electrons. The van der Waals surface area contributed by atoms with E-state index in [1.165, 1.54) is 6.07 Å². The molecule has 0 radical (unpaired) electrons. The Morgan fingerprint density at radius 2 is 1.90 bits per heavy atom. The Morgan fingerprint density at radius 3 is 2.60 bits per heavy atom. The van der Waals surface area contributed by atoms with Crippen molar-refractivity contribution in [1.82, 2.24) is 4.98 Å². The molecule has 0 aliphatic heterocycles. The van der Waals surface area contributed by atoms with Crippen LogP contribution in [0.1, 0.15) is 10.4 Å². The van der Waals surface area contributed by atoms with Crippen molar-refractivity contribution in [3.63, 3.8) is 0 Å². The summed E-state index contributed by atoms with van der Waals surface area (Å²) < 4.78 is 27.7. The largest absolute Gasteiger partial charge is 0.354 e. The summed E-state index contributed by atoms with van der Waals surface area (Å²) in [5.41, 5.74) is 1.59. The van der Waals surface area contributed by atoms with E-state index in [0.717, 1.165) is 16.6 Å². The van der Waals surface area contributed by atoms with Gasteiger partial charge in [0.1, 0.15) is 11.6 Å². The molecular formula is C15H8BrF2NO. The summed E-state index contributed by atoms with van der Waals surface area (Å²) in [4.78, 5) is 14.3. The van der Waals surface area contributed by atoms with Gasteiger partial charge in [-0.1, -0.05) is 15.9 Å². The average Bonchev–Trinajstić information content (AvgIpc) is 2.76. The molecule has 3 aromatic rings. The smallest absolute Gasteiger partial charge is 0.152 e. The number of rotatable bonds is 2. The van der Waals surface area contributed by atoms with Crippen LogP contribution in [0.2, 0.25) is 0 Å². The fraction of sp³-hybridized carbons (Fsp3) is 0. The minimum Gasteiger partial charge on any atom is -0.354 e. The van der Waals surface area contributed by atoms with Crippen molar-refractivity contribution in [3.05, 3.63) is 58.1 Å². The summed E-state index contributed by atoms with van der Waals surface area (Å²) in [5, 5.41) is 0.688. The van der Waals surface area contributed by atoms with Crippen LogP contribution in [0.5, 0.6) is 0 Å². The molecule has 3 rings (SSSR count). The summed E-state index contributed by atoms with van der Waals surface area (Å²) in [6, 6.07) is 8.66. The number of aromatic nitrogens is 1. The minimum absolute atomic E-state index is 0.167. The Hall–Kier alpha value is -2.01. The first-order valence-electron chi connectivity index (χ1n) is 5.82. The van der Waals surface area contributed by atoms with Crippen LogP contribution < -0.4 is 0 Å². The standard InChI is InChI=1S/C15H8BrF2NO/c16-8-1-4-14-11(5-8)12(7-20)15(19-14)10-3-2-9(17)6-13(10)18/h1-7,19H. The molecule has 0 spiro atoms. The minimum atomic E-state index is -0.710. The molecule has 0 saturated carbocycles. The van der Waals surface area contributed by atoms with E-state index >= 15 is 0 Å². The number of carbonyl (C=O) groups is 1. The summed E-state index contributed by atoms with van der Waals surface area (Å²) in [6.07, 6.45) is 0.670. The van der Waals surface area contributed by atoms with Crippen molar-refractivity contribution in [2.75, 3.05) is 0 Å². The van der Waals surface area contributed by atoms with Gasteiger partial charge in [0, 0.05) is 32.6 Å². The first kappa shape index (κ1) is 13.0. The fourth-order valence-electron chi connectivity index (χ4n) is 2.21. The Morgan fingerprint density at radius 1 is 1.10 bits per heavy atom. The lowest BCUT2D eigenvalue weighted by Gasteiger charge is -2.02. The molecule has 20 heavy (non-hydrogen) atoms. The summed E-state index contributed by atoms with van der Waals surface area (Å²) in [5.74, 6) is -1.36. The Balaban J connectivity index is 2.33. The second kappa shape index (κ2) is 4.83. The quantitative estimate of drug-likeness (QED) is 0.677. The average molecular weight is 336 g/mol. The van der Waals surface area contributed by atoms with Crippen LogP contribution in [-0.2, 0) is 0 Å². The van der Waals surface area contributed by atoms with E-state index in [2.05, 4.69) is 20.9 Å². The second-order valence-electron chi connectivity index (χ2n) is 4.35. The van der Waals surface area contributed by atoms with Crippen molar-refractivity contribution < 1.29 is 13.6 Å². The van der Waals surface area contributed by atoms with Gasteiger partial charge in [0.15, 0.2) is 6.29 Å². The van der Waals surface area contributed by atoms with Crippen LogP contribution in [-0.4, -0.2) is 11.3 Å². The van der Waals surface area contributed by atoms with Crippen LogP contribution in [0, 0.1) is 11.6 Å². The van der Waals surface area contributed by atoms with E-state index in [0.29, 0.717) is 28.4 Å². The van der Waals surface area contributed by atoms with Crippen molar-refractivity contribution in [1.29, 1.82) is 0 Å². The predicted molar refractivity (Wildman–Crippen MR) is 76.7 cm³/mol. The maximum absolute atomic E-state index is 13.9. The normalized spacial score (nSPS) is 10.9. The highest BCUT2D eigenvalue weighted by Crippen LogP contribution is 2.32. The third kappa shape index (κ3) is 2.04. The van der Waals surface area contributed by atoms with Gasteiger partial charge in [-0.25, -0.2) is 8.78 Å². The Bertz CT molecular complexity index is 826. The van der Waals surface area contributed by atoms with Gasteiger partial charge in [0.05, 0.1) is 5.69 Å². The van der Waals surface area contributed by atoms with Gasteiger partial charge in [0.25, 0.3) is 0 Å². The van der Waals surface area contributed by atoms with Crippen molar-refractivity contribution in [3.8, 4) is 11.3 Å². The maximum Gasteiger partial charge on any atom is 0.152 e. The number of aromatic amines is 1. The highest BCUT2D eigenvalue weighted by Gasteiger charge is 2.16. The first-order chi connectivity index (χ1) is 9.60. The zero-order valence-corrected chi connectivity index (χ0v) is 11.7. The molecule has 2 aromatic carbocycles. The zero-order valence-electron chi connectivity index (χ0n) is 10.1. The van der Waals surface area contributed by atoms with Gasteiger partial charge in [0.2, 0.25) is 0 Å². The highest BCUT2D eigenvalue weighted by molar-refractivity contribution is 9.10. The van der Waals surface area contributed by atoms with Crippen molar-refractivity contribution in [2.24, 2.45) is 0 Å². The van der Waals surface area contributed by atoms with Crippen LogP contribution in [0.4, 0.5) is 8.78 Å². The molecule has 1 aromatic heterocycles. The summed E-state index contributed by atoms with van der Waals surface area (Å²) >= 11 is 3.33. The highest BCUT2D eigenvalue weighted by atomic mass is 79.9. The summed E-state index contributed by atoms with van der Waals surface area (Å²) in [7, 11) is 0. The number of fused-ring (bicyclic) bond motifs is 1. The van der Waals surface area contributed by atoms with Gasteiger partial charge in [-0.15, -0.1) is 0 Å². The Kier molecular flexibility index (Phi) is 3.14. The number of H-pyrrole nitrogens is 1. The van der Waals surface area contributed by atoms with E-state index in [4.69, 9.17) is 0 Å². The first-order valence-corrected chi connectivity index (χ1v) is 6.61. The number of nitrogens with one attached hydrogen (secondary N) is 1. The lowest BCUT2D eigenvalue weighted by molar-refractivity contribution is 0.112. The summed E-state index contributed by atoms with van der Waals surface area (Å²) in [6.45, 7) is 0. The number of hydrogen-bond acceptors (Lipinski definition) is 1. The third-order valence-electron chi connectivity index (χ3n) is 3.12. The second-order valence-corrected chi connectivity index (χ2v) is 5.26. The SMILES string of the molecule is O=Cc1c(-c2ccc(F)cc2F)[nH]c2ccc(Br)cc12. The van der Waals surface area contributed by atoms with Gasteiger partial charge >= 0.3 is 0 Å². The van der Waals surface area contributed by atoms with E-state index in [-0.39, 0.29) is 5.56 Å². The monoisotopic (exact) mass is 335 g/mol. The lowest BCUT2D eigenvalue weighted by atomic mass is 10.1. The van der Waals surface area contributed by atoms with Crippen LogP contribution in [0.25, 0.3) is 22.2 Å². The maximum atomic E-state index is 13.9. The number of aldehydes is 1. The van der Waals surface area contributed by atoms with Gasteiger partial charge < -0.3 is 4.98 Å². The number of hydrogen-bond donors (Lipinski definition) is 1. The Labute approximate surface area is 121 Å².